The summed E-state index contributed by atoms with van der Waals surface area (Å²) in [7, 11) is 0. The summed E-state index contributed by atoms with van der Waals surface area (Å²) in [4.78, 5) is 14.4. The van der Waals surface area contributed by atoms with Crippen LogP contribution in [0.25, 0.3) is 0 Å². The average Bonchev–Trinajstić information content (AvgIpc) is 2.92. The van der Waals surface area contributed by atoms with Gasteiger partial charge in [-0.05, 0) is 43.1 Å². The average molecular weight is 400 g/mol. The van der Waals surface area contributed by atoms with Crippen molar-refractivity contribution in [3.63, 3.8) is 0 Å². The van der Waals surface area contributed by atoms with Crippen LogP contribution in [0.1, 0.15) is 17.7 Å². The van der Waals surface area contributed by atoms with Gasteiger partial charge >= 0.3 is 0 Å². The minimum absolute atomic E-state index is 0.102. The van der Waals surface area contributed by atoms with Gasteiger partial charge in [-0.1, -0.05) is 16.8 Å². The molecule has 1 amide bonds. The summed E-state index contributed by atoms with van der Waals surface area (Å²) in [6.45, 7) is 3.80. The van der Waals surface area contributed by atoms with Crippen LogP contribution in [0.15, 0.2) is 22.7 Å². The van der Waals surface area contributed by atoms with E-state index in [1.165, 1.54) is 0 Å². The van der Waals surface area contributed by atoms with Crippen LogP contribution in [-0.4, -0.2) is 35.7 Å². The summed E-state index contributed by atoms with van der Waals surface area (Å²) in [6.07, 6.45) is 0.780. The number of nitrogens with one attached hydrogen (secondary N) is 1. The minimum Gasteiger partial charge on any atom is -0.369 e. The lowest BCUT2D eigenvalue weighted by Crippen LogP contribution is -2.32. The van der Waals surface area contributed by atoms with E-state index in [-0.39, 0.29) is 11.1 Å². The molecule has 0 spiro atoms. The molecular weight excluding hydrogens is 381 g/mol. The van der Waals surface area contributed by atoms with Crippen molar-refractivity contribution in [2.24, 2.45) is 0 Å². The molecule has 0 aliphatic carbocycles. The van der Waals surface area contributed by atoms with E-state index in [2.05, 4.69) is 15.4 Å². The van der Waals surface area contributed by atoms with Gasteiger partial charge in [-0.3, -0.25) is 4.79 Å². The topological polar surface area (TPSA) is 58.4 Å². The number of carbonyl (C=O) groups excluding carboxylic acids is 1. The maximum Gasteiger partial charge on any atom is 0.229 e. The Hall–Kier alpha value is -1.37. The Morgan fingerprint density at radius 2 is 2.12 bits per heavy atom. The second kappa shape index (κ2) is 8.34. The molecule has 1 saturated heterocycles. The molecule has 1 aromatic carbocycles. The van der Waals surface area contributed by atoms with E-state index in [4.69, 9.17) is 27.7 Å². The van der Waals surface area contributed by atoms with Crippen LogP contribution in [-0.2, 0) is 11.2 Å². The third-order valence-electron chi connectivity index (χ3n) is 4.12. The molecule has 8 heteroatoms. The van der Waals surface area contributed by atoms with Gasteiger partial charge < -0.3 is 14.7 Å². The Morgan fingerprint density at radius 1 is 1.36 bits per heavy atom. The molecule has 2 aromatic rings. The molecule has 3 rings (SSSR count). The number of hydrogen-bond acceptors (Lipinski definition) is 5. The molecule has 134 valence electrons. The Labute approximate surface area is 161 Å². The lowest BCUT2D eigenvalue weighted by molar-refractivity contribution is -0.116. The van der Waals surface area contributed by atoms with Crippen LogP contribution in [0.4, 0.5) is 11.4 Å². The Kier molecular flexibility index (Phi) is 6.15. The molecule has 1 aliphatic rings. The van der Waals surface area contributed by atoms with Crippen molar-refractivity contribution in [3.8, 4) is 0 Å². The van der Waals surface area contributed by atoms with Crippen molar-refractivity contribution in [1.29, 1.82) is 0 Å². The molecular formula is C17H19Cl2N3O2S. The number of rotatable bonds is 5. The van der Waals surface area contributed by atoms with Gasteiger partial charge in [-0.15, -0.1) is 0 Å². The molecule has 0 saturated carbocycles. The summed E-state index contributed by atoms with van der Waals surface area (Å²) in [5, 5.41) is 7.56. The summed E-state index contributed by atoms with van der Waals surface area (Å²) < 4.78 is 4.89. The highest BCUT2D eigenvalue weighted by atomic mass is 35.5. The van der Waals surface area contributed by atoms with Gasteiger partial charge in [0.25, 0.3) is 0 Å². The first-order valence-corrected chi connectivity index (χ1v) is 9.98. The van der Waals surface area contributed by atoms with Gasteiger partial charge in [0.15, 0.2) is 0 Å². The quantitative estimate of drug-likeness (QED) is 0.806. The van der Waals surface area contributed by atoms with Crippen LogP contribution in [0.3, 0.4) is 0 Å². The molecule has 0 radical (unpaired) electrons. The van der Waals surface area contributed by atoms with Crippen LogP contribution in [0.2, 0.25) is 10.2 Å². The smallest absolute Gasteiger partial charge is 0.229 e. The standard InChI is InChI=1S/C17H19Cl2N3O2S/c1-11-13(17(19)24-21-11)3-5-16(23)20-12-2-4-15(14(18)10-12)22-6-8-25-9-7-22/h2,4,10H,3,5-9H2,1H3,(H,20,23). The highest BCUT2D eigenvalue weighted by Crippen LogP contribution is 2.30. The van der Waals surface area contributed by atoms with Crippen LogP contribution < -0.4 is 10.2 Å². The van der Waals surface area contributed by atoms with E-state index in [9.17, 15) is 4.79 Å². The molecule has 0 unspecified atom stereocenters. The van der Waals surface area contributed by atoms with Crippen molar-refractivity contribution in [3.05, 3.63) is 39.7 Å². The number of thioether (sulfide) groups is 1. The lowest BCUT2D eigenvalue weighted by atomic mass is 10.1. The third-order valence-corrected chi connectivity index (χ3v) is 5.66. The highest BCUT2D eigenvalue weighted by molar-refractivity contribution is 7.99. The van der Waals surface area contributed by atoms with E-state index in [1.54, 1.807) is 13.0 Å². The second-order valence-corrected chi connectivity index (χ2v) is 7.81. The van der Waals surface area contributed by atoms with Gasteiger partial charge in [0.05, 0.1) is 16.4 Å². The molecule has 0 bridgehead atoms. The molecule has 1 aliphatic heterocycles. The first-order valence-electron chi connectivity index (χ1n) is 8.07. The number of benzene rings is 1. The zero-order valence-corrected chi connectivity index (χ0v) is 16.2. The fourth-order valence-electron chi connectivity index (χ4n) is 2.75. The van der Waals surface area contributed by atoms with Gasteiger partial charge in [-0.25, -0.2) is 0 Å². The SMILES string of the molecule is Cc1noc(Cl)c1CCC(=O)Nc1ccc(N2CCSCC2)c(Cl)c1. The zero-order valence-electron chi connectivity index (χ0n) is 13.8. The van der Waals surface area contributed by atoms with Crippen LogP contribution in [0.5, 0.6) is 0 Å². The second-order valence-electron chi connectivity index (χ2n) is 5.83. The number of carbonyl (C=O) groups is 1. The van der Waals surface area contributed by atoms with E-state index in [0.717, 1.165) is 35.8 Å². The van der Waals surface area contributed by atoms with E-state index >= 15 is 0 Å². The molecule has 25 heavy (non-hydrogen) atoms. The molecule has 0 atom stereocenters. The number of amides is 1. The highest BCUT2D eigenvalue weighted by Gasteiger charge is 2.16. The fourth-order valence-corrected chi connectivity index (χ4v) is 4.22. The van der Waals surface area contributed by atoms with Crippen LogP contribution >= 0.6 is 35.0 Å². The van der Waals surface area contributed by atoms with Crippen molar-refractivity contribution in [2.75, 3.05) is 34.8 Å². The molecule has 2 heterocycles. The van der Waals surface area contributed by atoms with Crippen LogP contribution in [0, 0.1) is 6.92 Å². The maximum atomic E-state index is 12.2. The van der Waals surface area contributed by atoms with Gasteiger partial charge in [0, 0.05) is 42.3 Å². The Morgan fingerprint density at radius 3 is 2.76 bits per heavy atom. The van der Waals surface area contributed by atoms with E-state index in [1.807, 2.05) is 23.9 Å². The molecule has 1 N–H and O–H groups in total. The number of aromatic nitrogens is 1. The number of anilines is 2. The monoisotopic (exact) mass is 399 g/mol. The predicted molar refractivity (Wildman–Crippen MR) is 104 cm³/mol. The predicted octanol–water partition coefficient (Wildman–Crippen LogP) is 4.41. The number of hydrogen-bond donors (Lipinski definition) is 1. The Balaban J connectivity index is 1.59. The fraction of sp³-hybridized carbons (Fsp3) is 0.412. The lowest BCUT2D eigenvalue weighted by Gasteiger charge is -2.29. The minimum atomic E-state index is -0.102. The summed E-state index contributed by atoms with van der Waals surface area (Å²) in [5.74, 6) is 2.12. The van der Waals surface area contributed by atoms with Crippen molar-refractivity contribution < 1.29 is 9.32 Å². The van der Waals surface area contributed by atoms with Crippen molar-refractivity contribution in [1.82, 2.24) is 5.16 Å². The Bertz CT molecular complexity index is 741. The number of halogens is 2. The van der Waals surface area contributed by atoms with Gasteiger partial charge in [-0.2, -0.15) is 11.8 Å². The summed E-state index contributed by atoms with van der Waals surface area (Å²) in [5.41, 5.74) is 3.20. The zero-order chi connectivity index (χ0) is 17.8. The normalized spacial score (nSPS) is 14.6. The first kappa shape index (κ1) is 18.4. The largest absolute Gasteiger partial charge is 0.369 e. The third kappa shape index (κ3) is 4.63. The molecule has 5 nitrogen and oxygen atoms in total. The molecule has 1 fully saturated rings. The maximum absolute atomic E-state index is 12.2. The molecule has 1 aromatic heterocycles. The summed E-state index contributed by atoms with van der Waals surface area (Å²) in [6, 6.07) is 5.65. The summed E-state index contributed by atoms with van der Waals surface area (Å²) >= 11 is 14.3. The van der Waals surface area contributed by atoms with Gasteiger partial charge in [0.1, 0.15) is 0 Å². The van der Waals surface area contributed by atoms with E-state index in [0.29, 0.717) is 29.2 Å². The van der Waals surface area contributed by atoms with Crippen molar-refractivity contribution >= 4 is 52.2 Å². The van der Waals surface area contributed by atoms with Gasteiger partial charge in [0.2, 0.25) is 11.1 Å². The number of nitrogens with zero attached hydrogens (tertiary/aromatic N) is 2. The van der Waals surface area contributed by atoms with E-state index < -0.39 is 0 Å². The first-order chi connectivity index (χ1) is 12.0. The number of aryl methyl sites for hydroxylation is 1. The van der Waals surface area contributed by atoms with Crippen molar-refractivity contribution in [2.45, 2.75) is 19.8 Å².